The summed E-state index contributed by atoms with van der Waals surface area (Å²) in [5.74, 6) is 12.0. The summed E-state index contributed by atoms with van der Waals surface area (Å²) in [5, 5.41) is 0.0128. The van der Waals surface area contributed by atoms with Crippen LogP contribution < -0.4 is 11.7 Å². The fourth-order valence-corrected chi connectivity index (χ4v) is 7.06. The molecule has 4 N–H and O–H groups in total. The highest BCUT2D eigenvalue weighted by Gasteiger charge is 2.28. The summed E-state index contributed by atoms with van der Waals surface area (Å²) < 4.78 is 19.9. The van der Waals surface area contributed by atoms with Crippen LogP contribution in [0.15, 0.2) is 4.36 Å². The third-order valence-electron chi connectivity index (χ3n) is 6.66. The maximum atomic E-state index is 14.0. The summed E-state index contributed by atoms with van der Waals surface area (Å²) >= 11 is 0. The van der Waals surface area contributed by atoms with Crippen molar-refractivity contribution in [3.05, 3.63) is 0 Å². The first-order chi connectivity index (χ1) is 13.6. The van der Waals surface area contributed by atoms with Gasteiger partial charge in [0.15, 0.2) is 0 Å². The van der Waals surface area contributed by atoms with Gasteiger partial charge in [-0.25, -0.2) is 20.3 Å². The summed E-state index contributed by atoms with van der Waals surface area (Å²) in [6.45, 7) is 0. The zero-order valence-corrected chi connectivity index (χ0v) is 19.0. The lowest BCUT2D eigenvalue weighted by Crippen LogP contribution is -2.48. The monoisotopic (exact) mass is 414 g/mol. The second-order valence-corrected chi connectivity index (χ2v) is 11.5. The van der Waals surface area contributed by atoms with E-state index in [1.54, 1.807) is 0 Å². The highest BCUT2D eigenvalue weighted by atomic mass is 32.2. The Bertz CT molecular complexity index is 493. The zero-order valence-electron chi connectivity index (χ0n) is 18.2. The SMILES string of the molecule is NN(N)S(=O)(=NC1CCCCCCCCCC1)C1CCCCCCCCCC1. The van der Waals surface area contributed by atoms with Crippen molar-refractivity contribution in [2.75, 3.05) is 0 Å². The fraction of sp³-hybridized carbons (Fsp3) is 1.00. The lowest BCUT2D eigenvalue weighted by atomic mass is 10.0. The zero-order chi connectivity index (χ0) is 20.1. The van der Waals surface area contributed by atoms with Crippen molar-refractivity contribution < 1.29 is 4.21 Å². The van der Waals surface area contributed by atoms with Crippen LogP contribution in [-0.2, 0) is 9.92 Å². The molecule has 0 spiro atoms. The molecule has 0 aromatic rings. The van der Waals surface area contributed by atoms with E-state index in [0.29, 0.717) is 0 Å². The predicted octanol–water partition coefficient (Wildman–Crippen LogP) is 5.99. The number of nitrogens with zero attached hydrogens (tertiary/aromatic N) is 2. The molecule has 2 rings (SSSR count). The van der Waals surface area contributed by atoms with Crippen LogP contribution in [0.25, 0.3) is 0 Å². The van der Waals surface area contributed by atoms with Gasteiger partial charge in [0.1, 0.15) is 9.92 Å². The van der Waals surface area contributed by atoms with Crippen LogP contribution in [0.2, 0.25) is 0 Å². The molecule has 1 atom stereocenters. The molecule has 0 aromatic carbocycles. The minimum Gasteiger partial charge on any atom is -0.242 e. The van der Waals surface area contributed by atoms with Crippen LogP contribution in [0, 0.1) is 0 Å². The van der Waals surface area contributed by atoms with Gasteiger partial charge in [-0.05, 0) is 25.7 Å². The van der Waals surface area contributed by atoms with Crippen LogP contribution in [0.4, 0.5) is 0 Å². The summed E-state index contributed by atoms with van der Waals surface area (Å²) in [4.78, 5) is 0. The van der Waals surface area contributed by atoms with Crippen molar-refractivity contribution in [3.8, 4) is 0 Å². The lowest BCUT2D eigenvalue weighted by Gasteiger charge is -2.27. The van der Waals surface area contributed by atoms with Gasteiger partial charge in [-0.15, -0.1) is 0 Å². The van der Waals surface area contributed by atoms with E-state index in [9.17, 15) is 4.21 Å². The van der Waals surface area contributed by atoms with Crippen molar-refractivity contribution in [2.45, 2.75) is 140 Å². The van der Waals surface area contributed by atoms with Gasteiger partial charge in [-0.3, -0.25) is 0 Å². The van der Waals surface area contributed by atoms with Gasteiger partial charge in [-0.1, -0.05) is 107 Å². The van der Waals surface area contributed by atoms with Crippen molar-refractivity contribution in [2.24, 2.45) is 16.0 Å². The Labute approximate surface area is 174 Å². The van der Waals surface area contributed by atoms with Crippen molar-refractivity contribution in [1.29, 1.82) is 0 Å². The number of hydrogen-bond acceptors (Lipinski definition) is 4. The molecule has 6 heteroatoms. The van der Waals surface area contributed by atoms with E-state index >= 15 is 0 Å². The first-order valence-electron chi connectivity index (χ1n) is 12.2. The van der Waals surface area contributed by atoms with E-state index in [4.69, 9.17) is 16.0 Å². The van der Waals surface area contributed by atoms with Crippen molar-refractivity contribution in [1.82, 2.24) is 4.52 Å². The van der Waals surface area contributed by atoms with Gasteiger partial charge >= 0.3 is 0 Å². The highest BCUT2D eigenvalue weighted by Crippen LogP contribution is 2.27. The number of hydrazine groups is 2. The smallest absolute Gasteiger partial charge is 0.139 e. The average molecular weight is 415 g/mol. The molecule has 2 saturated carbocycles. The summed E-state index contributed by atoms with van der Waals surface area (Å²) in [6.07, 6.45) is 24.2. The van der Waals surface area contributed by atoms with Crippen LogP contribution in [-0.4, -0.2) is 20.0 Å². The van der Waals surface area contributed by atoms with E-state index in [1.165, 1.54) is 89.9 Å². The first kappa shape index (κ1) is 24.1. The quantitative estimate of drug-likeness (QED) is 0.439. The second-order valence-electron chi connectivity index (χ2n) is 9.09. The highest BCUT2D eigenvalue weighted by molar-refractivity contribution is 7.91. The first-order valence-corrected chi connectivity index (χ1v) is 13.7. The van der Waals surface area contributed by atoms with Crippen molar-refractivity contribution >= 4 is 9.92 Å². The summed E-state index contributed by atoms with van der Waals surface area (Å²) in [6, 6.07) is 0.151. The maximum Gasteiger partial charge on any atom is 0.139 e. The Morgan fingerprint density at radius 2 is 0.893 bits per heavy atom. The number of nitrogens with two attached hydrogens (primary N) is 2. The van der Waals surface area contributed by atoms with Gasteiger partial charge in [0.2, 0.25) is 0 Å². The van der Waals surface area contributed by atoms with Crippen LogP contribution in [0.3, 0.4) is 0 Å². The predicted molar refractivity (Wildman–Crippen MR) is 121 cm³/mol. The fourth-order valence-electron chi connectivity index (χ4n) is 4.85. The minimum absolute atomic E-state index is 0.0128. The molecule has 2 aliphatic rings. The van der Waals surface area contributed by atoms with Gasteiger partial charge in [0, 0.05) is 0 Å². The summed E-state index contributed by atoms with van der Waals surface area (Å²) in [7, 11) is -2.73. The van der Waals surface area contributed by atoms with E-state index in [-0.39, 0.29) is 11.3 Å². The largest absolute Gasteiger partial charge is 0.242 e. The molecule has 2 aliphatic carbocycles. The lowest BCUT2D eigenvalue weighted by molar-refractivity contribution is 0.447. The molecule has 166 valence electrons. The normalized spacial score (nSPS) is 26.0. The Morgan fingerprint density at radius 3 is 1.25 bits per heavy atom. The van der Waals surface area contributed by atoms with Gasteiger partial charge < -0.3 is 0 Å². The van der Waals surface area contributed by atoms with Crippen LogP contribution in [0.5, 0.6) is 0 Å². The molecule has 1 unspecified atom stereocenters. The Balaban J connectivity index is 2.14. The average Bonchev–Trinajstić information content (AvgIpc) is 2.78. The van der Waals surface area contributed by atoms with E-state index in [2.05, 4.69) is 0 Å². The molecule has 0 radical (unpaired) electrons. The Morgan fingerprint density at radius 1 is 0.571 bits per heavy atom. The molecule has 0 amide bonds. The molecule has 0 saturated heterocycles. The third kappa shape index (κ3) is 8.68. The maximum absolute atomic E-state index is 14.0. The molecule has 0 aromatic heterocycles. The molecule has 0 heterocycles. The molecule has 5 nitrogen and oxygen atoms in total. The third-order valence-corrected chi connectivity index (χ3v) is 9.21. The second kappa shape index (κ2) is 13.9. The summed E-state index contributed by atoms with van der Waals surface area (Å²) in [5.41, 5.74) is 0. The molecule has 0 aliphatic heterocycles. The number of rotatable bonds is 3. The molecule has 28 heavy (non-hydrogen) atoms. The van der Waals surface area contributed by atoms with E-state index in [1.807, 2.05) is 0 Å². The number of hydrogen-bond donors (Lipinski definition) is 2. The van der Waals surface area contributed by atoms with Gasteiger partial charge in [-0.2, -0.15) is 0 Å². The Hall–Kier alpha value is -0.170. The molecular formula is C22H46N4OS. The van der Waals surface area contributed by atoms with E-state index < -0.39 is 9.92 Å². The van der Waals surface area contributed by atoms with Crippen molar-refractivity contribution in [3.63, 3.8) is 0 Å². The van der Waals surface area contributed by atoms with Gasteiger partial charge in [0.25, 0.3) is 0 Å². The Kier molecular flexibility index (Phi) is 12.0. The molecule has 0 bridgehead atoms. The van der Waals surface area contributed by atoms with E-state index in [0.717, 1.165) is 43.0 Å². The standard InChI is InChI=1S/C22H46N4OS/c23-26(24)28(27,22-19-15-11-7-3-4-8-12-16-20-22)25-21-17-13-9-5-1-2-6-10-14-18-21/h21-22H,1-20,23-24H2. The topological polar surface area (TPSA) is 84.7 Å². The minimum atomic E-state index is -2.73. The van der Waals surface area contributed by atoms with Crippen LogP contribution in [0.1, 0.15) is 128 Å². The van der Waals surface area contributed by atoms with Crippen LogP contribution >= 0.6 is 0 Å². The molecular weight excluding hydrogens is 368 g/mol. The van der Waals surface area contributed by atoms with Gasteiger partial charge in [0.05, 0.1) is 11.3 Å². The molecule has 2 fully saturated rings.